The summed E-state index contributed by atoms with van der Waals surface area (Å²) in [5.41, 5.74) is -0.733. The van der Waals surface area contributed by atoms with E-state index in [-0.39, 0.29) is 12.6 Å². The number of nitrogens with one attached hydrogen (secondary N) is 2. The molecule has 1 aliphatic carbocycles. The first-order valence-electron chi connectivity index (χ1n) is 5.86. The fourth-order valence-electron chi connectivity index (χ4n) is 2.07. The zero-order chi connectivity index (χ0) is 12.0. The van der Waals surface area contributed by atoms with Crippen molar-refractivity contribution in [2.24, 2.45) is 5.41 Å². The zero-order valence-corrected chi connectivity index (χ0v) is 9.71. The molecule has 1 fully saturated rings. The van der Waals surface area contributed by atoms with Gasteiger partial charge in [0, 0.05) is 13.1 Å². The molecule has 1 aliphatic rings. The van der Waals surface area contributed by atoms with Crippen LogP contribution in [0.15, 0.2) is 0 Å². The highest BCUT2D eigenvalue weighted by atomic mass is 16.4. The van der Waals surface area contributed by atoms with Crippen molar-refractivity contribution in [3.63, 3.8) is 0 Å². The standard InChI is InChI=1S/C11H20N2O3/c1-2-7-12-10(16)13-8-11(9(14)15)5-3-4-6-11/h2-8H2,1H3,(H,14,15)(H2,12,13,16). The van der Waals surface area contributed by atoms with Gasteiger partial charge in [0.2, 0.25) is 0 Å². The molecular formula is C11H20N2O3. The van der Waals surface area contributed by atoms with E-state index in [1.165, 1.54) is 0 Å². The molecule has 0 aromatic rings. The largest absolute Gasteiger partial charge is 0.481 e. The SMILES string of the molecule is CCCNC(=O)NCC1(C(=O)O)CCCC1. The van der Waals surface area contributed by atoms with Crippen LogP contribution >= 0.6 is 0 Å². The summed E-state index contributed by atoms with van der Waals surface area (Å²) in [7, 11) is 0. The molecule has 0 aliphatic heterocycles. The van der Waals surface area contributed by atoms with E-state index >= 15 is 0 Å². The third-order valence-corrected chi connectivity index (χ3v) is 3.14. The number of aliphatic carboxylic acids is 1. The summed E-state index contributed by atoms with van der Waals surface area (Å²) >= 11 is 0. The molecule has 0 spiro atoms. The number of carboxylic acid groups (broad SMARTS) is 1. The van der Waals surface area contributed by atoms with Crippen molar-refractivity contribution in [1.29, 1.82) is 0 Å². The lowest BCUT2D eigenvalue weighted by molar-refractivity contribution is -0.148. The Morgan fingerprint density at radius 1 is 1.25 bits per heavy atom. The number of carbonyl (C=O) groups is 2. The maximum Gasteiger partial charge on any atom is 0.314 e. The van der Waals surface area contributed by atoms with Gasteiger partial charge in [-0.05, 0) is 19.3 Å². The number of carboxylic acids is 1. The zero-order valence-electron chi connectivity index (χ0n) is 9.71. The molecule has 0 bridgehead atoms. The summed E-state index contributed by atoms with van der Waals surface area (Å²) in [5.74, 6) is -0.791. The highest BCUT2D eigenvalue weighted by molar-refractivity contribution is 5.78. The van der Waals surface area contributed by atoms with E-state index in [1.807, 2.05) is 6.92 Å². The van der Waals surface area contributed by atoms with Gasteiger partial charge in [-0.3, -0.25) is 4.79 Å². The second kappa shape index (κ2) is 5.72. The average Bonchev–Trinajstić information content (AvgIpc) is 2.73. The molecule has 1 saturated carbocycles. The predicted octanol–water partition coefficient (Wildman–Crippen LogP) is 1.34. The van der Waals surface area contributed by atoms with Crippen molar-refractivity contribution >= 4 is 12.0 Å². The third kappa shape index (κ3) is 3.12. The van der Waals surface area contributed by atoms with Crippen LogP contribution in [-0.4, -0.2) is 30.2 Å². The van der Waals surface area contributed by atoms with Crippen LogP contribution in [0.3, 0.4) is 0 Å². The highest BCUT2D eigenvalue weighted by Crippen LogP contribution is 2.37. The smallest absolute Gasteiger partial charge is 0.314 e. The lowest BCUT2D eigenvalue weighted by Gasteiger charge is -2.23. The summed E-state index contributed by atoms with van der Waals surface area (Å²) in [6.07, 6.45) is 4.07. The molecule has 0 aromatic carbocycles. The van der Waals surface area contributed by atoms with Gasteiger partial charge in [0.15, 0.2) is 0 Å². The van der Waals surface area contributed by atoms with Crippen molar-refractivity contribution in [3.8, 4) is 0 Å². The molecule has 0 saturated heterocycles. The van der Waals surface area contributed by atoms with Crippen molar-refractivity contribution in [3.05, 3.63) is 0 Å². The third-order valence-electron chi connectivity index (χ3n) is 3.14. The first kappa shape index (κ1) is 12.8. The van der Waals surface area contributed by atoms with E-state index in [0.717, 1.165) is 19.3 Å². The maximum atomic E-state index is 11.3. The minimum Gasteiger partial charge on any atom is -0.481 e. The Morgan fingerprint density at radius 2 is 1.88 bits per heavy atom. The Bertz CT molecular complexity index is 260. The second-order valence-electron chi connectivity index (χ2n) is 4.40. The molecule has 5 heteroatoms. The number of amides is 2. The average molecular weight is 228 g/mol. The molecule has 0 radical (unpaired) electrons. The lowest BCUT2D eigenvalue weighted by atomic mass is 9.86. The Balaban J connectivity index is 2.39. The van der Waals surface area contributed by atoms with Crippen LogP contribution in [0, 0.1) is 5.41 Å². The second-order valence-corrected chi connectivity index (χ2v) is 4.40. The van der Waals surface area contributed by atoms with Crippen molar-refractivity contribution in [2.45, 2.75) is 39.0 Å². The number of hydrogen-bond donors (Lipinski definition) is 3. The summed E-state index contributed by atoms with van der Waals surface area (Å²) in [4.78, 5) is 22.5. The monoisotopic (exact) mass is 228 g/mol. The Kier molecular flexibility index (Phi) is 4.58. The minimum absolute atomic E-state index is 0.234. The van der Waals surface area contributed by atoms with E-state index in [0.29, 0.717) is 19.4 Å². The lowest BCUT2D eigenvalue weighted by Crippen LogP contribution is -2.45. The molecule has 0 aromatic heterocycles. The summed E-state index contributed by atoms with van der Waals surface area (Å²) in [6.45, 7) is 2.82. The quantitative estimate of drug-likeness (QED) is 0.664. The van der Waals surface area contributed by atoms with Gasteiger partial charge in [0.25, 0.3) is 0 Å². The van der Waals surface area contributed by atoms with Gasteiger partial charge < -0.3 is 15.7 Å². The van der Waals surface area contributed by atoms with Crippen molar-refractivity contribution in [1.82, 2.24) is 10.6 Å². The molecule has 5 nitrogen and oxygen atoms in total. The van der Waals surface area contributed by atoms with Gasteiger partial charge in [-0.2, -0.15) is 0 Å². The normalized spacial score (nSPS) is 18.1. The van der Waals surface area contributed by atoms with Crippen LogP contribution in [0.1, 0.15) is 39.0 Å². The molecule has 16 heavy (non-hydrogen) atoms. The van der Waals surface area contributed by atoms with Gasteiger partial charge in [-0.1, -0.05) is 19.8 Å². The molecule has 0 atom stereocenters. The van der Waals surface area contributed by atoms with E-state index in [9.17, 15) is 14.7 Å². The van der Waals surface area contributed by atoms with Gasteiger partial charge in [-0.15, -0.1) is 0 Å². The minimum atomic E-state index is -0.791. The van der Waals surface area contributed by atoms with Crippen molar-refractivity contribution < 1.29 is 14.7 Å². The van der Waals surface area contributed by atoms with E-state index in [1.54, 1.807) is 0 Å². The Morgan fingerprint density at radius 3 is 2.38 bits per heavy atom. The molecule has 3 N–H and O–H groups in total. The Labute approximate surface area is 95.6 Å². The van der Waals surface area contributed by atoms with Crippen molar-refractivity contribution in [2.75, 3.05) is 13.1 Å². The van der Waals surface area contributed by atoms with Crippen LogP contribution in [0.25, 0.3) is 0 Å². The first-order valence-corrected chi connectivity index (χ1v) is 5.86. The predicted molar refractivity (Wildman–Crippen MR) is 60.2 cm³/mol. The maximum absolute atomic E-state index is 11.3. The molecular weight excluding hydrogens is 208 g/mol. The number of carbonyl (C=O) groups excluding carboxylic acids is 1. The number of rotatable bonds is 5. The van der Waals surface area contributed by atoms with Gasteiger partial charge in [0.05, 0.1) is 5.41 Å². The number of urea groups is 1. The number of hydrogen-bond acceptors (Lipinski definition) is 2. The topological polar surface area (TPSA) is 78.4 Å². The highest BCUT2D eigenvalue weighted by Gasteiger charge is 2.41. The molecule has 1 rings (SSSR count). The van der Waals surface area contributed by atoms with E-state index in [2.05, 4.69) is 10.6 Å². The Hall–Kier alpha value is -1.26. The summed E-state index contributed by atoms with van der Waals surface area (Å²) in [5, 5.41) is 14.5. The van der Waals surface area contributed by atoms with Crippen LogP contribution < -0.4 is 10.6 Å². The molecule has 92 valence electrons. The van der Waals surface area contributed by atoms with Crippen LogP contribution in [0.2, 0.25) is 0 Å². The summed E-state index contributed by atoms with van der Waals surface area (Å²) < 4.78 is 0. The molecule has 2 amide bonds. The van der Waals surface area contributed by atoms with Crippen LogP contribution in [0.4, 0.5) is 4.79 Å². The van der Waals surface area contributed by atoms with Gasteiger partial charge >= 0.3 is 12.0 Å². The first-order chi connectivity index (χ1) is 7.60. The molecule has 0 unspecified atom stereocenters. The van der Waals surface area contributed by atoms with Crippen LogP contribution in [-0.2, 0) is 4.79 Å². The van der Waals surface area contributed by atoms with E-state index < -0.39 is 11.4 Å². The van der Waals surface area contributed by atoms with Gasteiger partial charge in [0.1, 0.15) is 0 Å². The van der Waals surface area contributed by atoms with Gasteiger partial charge in [-0.25, -0.2) is 4.79 Å². The summed E-state index contributed by atoms with van der Waals surface area (Å²) in [6, 6.07) is -0.269. The van der Waals surface area contributed by atoms with Crippen LogP contribution in [0.5, 0.6) is 0 Å². The van der Waals surface area contributed by atoms with E-state index in [4.69, 9.17) is 0 Å². The fraction of sp³-hybridized carbons (Fsp3) is 0.818. The molecule has 0 heterocycles. The fourth-order valence-corrected chi connectivity index (χ4v) is 2.07.